The Kier molecular flexibility index (Phi) is 5.14. The monoisotopic (exact) mass is 327 g/mol. The molecule has 124 valence electrons. The molecule has 0 saturated carbocycles. The van der Waals surface area contributed by atoms with Crippen LogP contribution in [-0.2, 0) is 20.2 Å². The van der Waals surface area contributed by atoms with Crippen LogP contribution in [0.25, 0.3) is 0 Å². The van der Waals surface area contributed by atoms with Gasteiger partial charge in [-0.05, 0) is 36.5 Å². The van der Waals surface area contributed by atoms with E-state index >= 15 is 0 Å². The van der Waals surface area contributed by atoms with Gasteiger partial charge in [0.1, 0.15) is 5.75 Å². The fourth-order valence-electron chi connectivity index (χ4n) is 2.53. The van der Waals surface area contributed by atoms with Crippen molar-refractivity contribution in [1.29, 1.82) is 0 Å². The first-order valence-electron chi connectivity index (χ1n) is 7.54. The first-order chi connectivity index (χ1) is 10.2. The molecule has 0 bridgehead atoms. The minimum absolute atomic E-state index is 0.0184. The highest BCUT2D eigenvalue weighted by atomic mass is 32.2. The van der Waals surface area contributed by atoms with Crippen molar-refractivity contribution in [2.45, 2.75) is 50.0 Å². The summed E-state index contributed by atoms with van der Waals surface area (Å²) in [7, 11) is -1.95. The number of rotatable bonds is 5. The average Bonchev–Trinajstić information content (AvgIpc) is 2.97. The predicted molar refractivity (Wildman–Crippen MR) is 85.9 cm³/mol. The second-order valence-electron chi connectivity index (χ2n) is 6.60. The van der Waals surface area contributed by atoms with Gasteiger partial charge in [-0.25, -0.2) is 13.1 Å². The van der Waals surface area contributed by atoms with Gasteiger partial charge in [-0.1, -0.05) is 20.8 Å². The molecule has 1 fully saturated rings. The highest BCUT2D eigenvalue weighted by molar-refractivity contribution is 7.89. The normalized spacial score (nSPS) is 19.4. The number of hydrogen-bond donors (Lipinski definition) is 1. The van der Waals surface area contributed by atoms with Crippen LogP contribution in [0.1, 0.15) is 39.2 Å². The van der Waals surface area contributed by atoms with Crippen LogP contribution in [0.3, 0.4) is 0 Å². The molecule has 5 nitrogen and oxygen atoms in total. The lowest BCUT2D eigenvalue weighted by molar-refractivity contribution is 0.114. The molecule has 0 spiro atoms. The molecule has 1 saturated heterocycles. The zero-order valence-corrected chi connectivity index (χ0v) is 14.5. The molecule has 0 aliphatic carbocycles. The fraction of sp³-hybridized carbons (Fsp3) is 0.625. The topological polar surface area (TPSA) is 64.6 Å². The largest absolute Gasteiger partial charge is 0.496 e. The van der Waals surface area contributed by atoms with Crippen molar-refractivity contribution in [2.75, 3.05) is 20.3 Å². The van der Waals surface area contributed by atoms with E-state index in [1.54, 1.807) is 25.3 Å². The van der Waals surface area contributed by atoms with Crippen LogP contribution in [-0.4, -0.2) is 34.8 Å². The molecule has 1 atom stereocenters. The van der Waals surface area contributed by atoms with Crippen LogP contribution >= 0.6 is 0 Å². The quantitative estimate of drug-likeness (QED) is 0.902. The Hall–Kier alpha value is -1.11. The maximum Gasteiger partial charge on any atom is 0.240 e. The van der Waals surface area contributed by atoms with Gasteiger partial charge in [-0.3, -0.25) is 0 Å². The smallest absolute Gasteiger partial charge is 0.240 e. The van der Waals surface area contributed by atoms with Gasteiger partial charge in [0.15, 0.2) is 0 Å². The van der Waals surface area contributed by atoms with E-state index in [0.717, 1.165) is 18.4 Å². The van der Waals surface area contributed by atoms with Crippen molar-refractivity contribution in [3.8, 4) is 5.75 Å². The van der Waals surface area contributed by atoms with E-state index in [0.29, 0.717) is 18.9 Å². The summed E-state index contributed by atoms with van der Waals surface area (Å²) in [5, 5.41) is 0. The molecule has 0 amide bonds. The highest BCUT2D eigenvalue weighted by Crippen LogP contribution is 2.33. The molecule has 0 radical (unpaired) electrons. The summed E-state index contributed by atoms with van der Waals surface area (Å²) in [6.45, 7) is 7.12. The van der Waals surface area contributed by atoms with Crippen molar-refractivity contribution in [2.24, 2.45) is 0 Å². The van der Waals surface area contributed by atoms with E-state index in [1.165, 1.54) is 0 Å². The molecule has 1 aliphatic rings. The highest BCUT2D eigenvalue weighted by Gasteiger charge is 2.24. The first-order valence-corrected chi connectivity index (χ1v) is 9.02. The second kappa shape index (κ2) is 6.56. The Morgan fingerprint density at radius 3 is 2.64 bits per heavy atom. The molecular formula is C16H25NO4S. The number of benzene rings is 1. The van der Waals surface area contributed by atoms with Gasteiger partial charge in [0, 0.05) is 18.7 Å². The molecule has 1 aliphatic heterocycles. The van der Waals surface area contributed by atoms with Crippen molar-refractivity contribution in [1.82, 2.24) is 4.72 Å². The Bertz CT molecular complexity index is 614. The molecule has 1 aromatic rings. The summed E-state index contributed by atoms with van der Waals surface area (Å²) < 4.78 is 38.4. The number of hydrogen-bond acceptors (Lipinski definition) is 4. The van der Waals surface area contributed by atoms with E-state index < -0.39 is 10.0 Å². The van der Waals surface area contributed by atoms with Crippen molar-refractivity contribution < 1.29 is 17.9 Å². The van der Waals surface area contributed by atoms with Crippen molar-refractivity contribution in [3.63, 3.8) is 0 Å². The molecule has 2 rings (SSSR count). The molecule has 1 aromatic carbocycles. The number of sulfonamides is 1. The maximum atomic E-state index is 12.5. The molecular weight excluding hydrogens is 302 g/mol. The van der Waals surface area contributed by atoms with Crippen LogP contribution in [0.2, 0.25) is 0 Å². The van der Waals surface area contributed by atoms with Crippen LogP contribution in [0.15, 0.2) is 23.1 Å². The molecule has 6 heteroatoms. The number of methoxy groups -OCH3 is 1. The van der Waals surface area contributed by atoms with E-state index in [1.807, 2.05) is 20.8 Å². The zero-order valence-electron chi connectivity index (χ0n) is 13.7. The minimum Gasteiger partial charge on any atom is -0.496 e. The summed E-state index contributed by atoms with van der Waals surface area (Å²) >= 11 is 0. The summed E-state index contributed by atoms with van der Waals surface area (Å²) in [5.41, 5.74) is 0.667. The molecule has 1 N–H and O–H groups in total. The molecule has 1 heterocycles. The third-order valence-electron chi connectivity index (χ3n) is 3.81. The summed E-state index contributed by atoms with van der Waals surface area (Å²) in [5.74, 6) is 0.700. The lowest BCUT2D eigenvalue weighted by Gasteiger charge is -2.23. The fourth-order valence-corrected chi connectivity index (χ4v) is 3.62. The minimum atomic E-state index is -3.54. The summed E-state index contributed by atoms with van der Waals surface area (Å²) in [4.78, 5) is 0.260. The van der Waals surface area contributed by atoms with Crippen LogP contribution in [0, 0.1) is 0 Å². The van der Waals surface area contributed by atoms with Crippen LogP contribution < -0.4 is 9.46 Å². The molecule has 22 heavy (non-hydrogen) atoms. The van der Waals surface area contributed by atoms with E-state index in [-0.39, 0.29) is 16.4 Å². The maximum absolute atomic E-state index is 12.5. The Morgan fingerprint density at radius 2 is 2.09 bits per heavy atom. The standard InChI is InChI=1S/C16H25NO4S/c1-16(2,3)14-10-13(7-8-15(14)20-4)22(18,19)17-11-12-6-5-9-21-12/h7-8,10,12,17H,5-6,9,11H2,1-4H3. The van der Waals surface area contributed by atoms with Gasteiger partial charge in [0.05, 0.1) is 18.1 Å². The van der Waals surface area contributed by atoms with Crippen molar-refractivity contribution >= 4 is 10.0 Å². The van der Waals surface area contributed by atoms with Crippen LogP contribution in [0.4, 0.5) is 0 Å². The van der Waals surface area contributed by atoms with Gasteiger partial charge < -0.3 is 9.47 Å². The Morgan fingerprint density at radius 1 is 1.36 bits per heavy atom. The lowest BCUT2D eigenvalue weighted by atomic mass is 9.86. The SMILES string of the molecule is COc1ccc(S(=O)(=O)NCC2CCCO2)cc1C(C)(C)C. The average molecular weight is 327 g/mol. The molecule has 1 unspecified atom stereocenters. The van der Waals surface area contributed by atoms with Gasteiger partial charge in [-0.15, -0.1) is 0 Å². The summed E-state index contributed by atoms with van der Waals surface area (Å²) in [6, 6.07) is 4.98. The van der Waals surface area contributed by atoms with Gasteiger partial charge in [-0.2, -0.15) is 0 Å². The van der Waals surface area contributed by atoms with Crippen LogP contribution in [0.5, 0.6) is 5.75 Å². The third kappa shape index (κ3) is 4.00. The van der Waals surface area contributed by atoms with Crippen molar-refractivity contribution in [3.05, 3.63) is 23.8 Å². The lowest BCUT2D eigenvalue weighted by Crippen LogP contribution is -2.32. The molecule has 0 aromatic heterocycles. The second-order valence-corrected chi connectivity index (χ2v) is 8.37. The van der Waals surface area contributed by atoms with E-state index in [2.05, 4.69) is 4.72 Å². The number of nitrogens with one attached hydrogen (secondary N) is 1. The summed E-state index contributed by atoms with van der Waals surface area (Å²) in [6.07, 6.45) is 1.87. The Balaban J connectivity index is 2.23. The number of ether oxygens (including phenoxy) is 2. The third-order valence-corrected chi connectivity index (χ3v) is 5.24. The predicted octanol–water partition coefficient (Wildman–Crippen LogP) is 2.45. The van der Waals surface area contributed by atoms with Gasteiger partial charge >= 0.3 is 0 Å². The zero-order chi connectivity index (χ0) is 16.4. The first kappa shape index (κ1) is 17.2. The van der Waals surface area contributed by atoms with Gasteiger partial charge in [0.25, 0.3) is 0 Å². The Labute approximate surface area is 133 Å². The van der Waals surface area contributed by atoms with E-state index in [9.17, 15) is 8.42 Å². The van der Waals surface area contributed by atoms with Gasteiger partial charge in [0.2, 0.25) is 10.0 Å². The van der Waals surface area contributed by atoms with E-state index in [4.69, 9.17) is 9.47 Å².